The predicted octanol–water partition coefficient (Wildman–Crippen LogP) is 6.30. The second-order valence-corrected chi connectivity index (χ2v) is 8.04. The van der Waals surface area contributed by atoms with Crippen LogP contribution >= 0.6 is 11.8 Å². The van der Waals surface area contributed by atoms with Crippen molar-refractivity contribution in [2.24, 2.45) is 10.4 Å². The van der Waals surface area contributed by atoms with Gasteiger partial charge in [-0.3, -0.25) is 4.99 Å². The fraction of sp³-hybridized carbons (Fsp3) is 0.333. The minimum Gasteiger partial charge on any atom is -0.257 e. The van der Waals surface area contributed by atoms with Gasteiger partial charge in [0.1, 0.15) is 0 Å². The van der Waals surface area contributed by atoms with Crippen LogP contribution in [0.15, 0.2) is 52.4 Å². The van der Waals surface area contributed by atoms with Gasteiger partial charge >= 0.3 is 0 Å². The highest BCUT2D eigenvalue weighted by Crippen LogP contribution is 2.30. The molecule has 0 saturated carbocycles. The molecule has 2 aromatic rings. The molecule has 24 heavy (non-hydrogen) atoms. The Morgan fingerprint density at radius 2 is 1.79 bits per heavy atom. The van der Waals surface area contributed by atoms with Crippen LogP contribution < -0.4 is 0 Å². The Labute approximate surface area is 149 Å². The normalized spacial score (nSPS) is 12.1. The molecular weight excluding hydrogens is 312 g/mol. The molecule has 3 heteroatoms. The van der Waals surface area contributed by atoms with Crippen LogP contribution in [0.3, 0.4) is 0 Å². The van der Waals surface area contributed by atoms with E-state index in [0.29, 0.717) is 5.56 Å². The van der Waals surface area contributed by atoms with Crippen molar-refractivity contribution >= 4 is 23.2 Å². The highest BCUT2D eigenvalue weighted by Gasteiger charge is 2.14. The Hall–Kier alpha value is -2.05. The van der Waals surface area contributed by atoms with E-state index in [0.717, 1.165) is 17.2 Å². The van der Waals surface area contributed by atoms with Gasteiger partial charge in [0.2, 0.25) is 0 Å². The summed E-state index contributed by atoms with van der Waals surface area (Å²) < 4.78 is 0. The number of hydrogen-bond acceptors (Lipinski definition) is 3. The Kier molecular flexibility index (Phi) is 5.85. The molecule has 0 atom stereocenters. The van der Waals surface area contributed by atoms with Gasteiger partial charge in [0, 0.05) is 16.4 Å². The quantitative estimate of drug-likeness (QED) is 0.485. The third-order valence-electron chi connectivity index (χ3n) is 4.04. The van der Waals surface area contributed by atoms with Crippen molar-refractivity contribution in [1.29, 1.82) is 5.26 Å². The van der Waals surface area contributed by atoms with Gasteiger partial charge in [-0.15, -0.1) is 11.8 Å². The van der Waals surface area contributed by atoms with Crippen LogP contribution in [-0.4, -0.2) is 5.71 Å². The molecule has 2 rings (SSSR count). The standard InChI is InChI=1S/C21H24N2S/c1-15-6-11-19(12-20(15)23-16(2)21(3,4)5)24-14-18-9-7-17(13-22)8-10-18/h6-12H,14H2,1-5H3. The lowest BCUT2D eigenvalue weighted by atomic mass is 9.91. The van der Waals surface area contributed by atoms with E-state index in [2.05, 4.69) is 58.9 Å². The molecule has 0 spiro atoms. The van der Waals surface area contributed by atoms with Gasteiger partial charge < -0.3 is 0 Å². The molecule has 0 aliphatic rings. The van der Waals surface area contributed by atoms with Crippen LogP contribution in [0.2, 0.25) is 0 Å². The first kappa shape index (κ1) is 18.3. The van der Waals surface area contributed by atoms with E-state index in [-0.39, 0.29) is 5.41 Å². The summed E-state index contributed by atoms with van der Waals surface area (Å²) in [5.41, 5.74) is 5.38. The number of hydrogen-bond donors (Lipinski definition) is 0. The zero-order chi connectivity index (χ0) is 17.7. The zero-order valence-corrected chi connectivity index (χ0v) is 15.9. The summed E-state index contributed by atoms with van der Waals surface area (Å²) in [7, 11) is 0. The molecule has 0 unspecified atom stereocenters. The Morgan fingerprint density at radius 1 is 1.12 bits per heavy atom. The monoisotopic (exact) mass is 336 g/mol. The van der Waals surface area contributed by atoms with E-state index in [1.807, 2.05) is 24.3 Å². The first-order valence-electron chi connectivity index (χ1n) is 8.08. The maximum absolute atomic E-state index is 8.85. The number of nitrogens with zero attached hydrogens (tertiary/aromatic N) is 2. The lowest BCUT2D eigenvalue weighted by molar-refractivity contribution is 0.588. The average Bonchev–Trinajstić information content (AvgIpc) is 2.55. The summed E-state index contributed by atoms with van der Waals surface area (Å²) in [5, 5.41) is 8.85. The SMILES string of the molecule is CC(=Nc1cc(SCc2ccc(C#N)cc2)ccc1C)C(C)(C)C. The minimum atomic E-state index is 0.0814. The Morgan fingerprint density at radius 3 is 2.38 bits per heavy atom. The van der Waals surface area contributed by atoms with Gasteiger partial charge in [-0.25, -0.2) is 0 Å². The number of aryl methyl sites for hydroxylation is 1. The molecule has 0 bridgehead atoms. The molecule has 0 aliphatic carbocycles. The molecule has 0 aliphatic heterocycles. The van der Waals surface area contributed by atoms with Gasteiger partial charge in [-0.1, -0.05) is 39.0 Å². The fourth-order valence-electron chi connectivity index (χ4n) is 1.99. The summed E-state index contributed by atoms with van der Waals surface area (Å²) in [5.74, 6) is 0.885. The number of thioether (sulfide) groups is 1. The van der Waals surface area contributed by atoms with Gasteiger partial charge in [0.05, 0.1) is 17.3 Å². The number of aliphatic imine (C=N–C) groups is 1. The van der Waals surface area contributed by atoms with Crippen molar-refractivity contribution in [1.82, 2.24) is 0 Å². The molecule has 2 nitrogen and oxygen atoms in total. The van der Waals surface area contributed by atoms with E-state index < -0.39 is 0 Å². The van der Waals surface area contributed by atoms with Gasteiger partial charge in [0.25, 0.3) is 0 Å². The Balaban J connectivity index is 2.14. The predicted molar refractivity (Wildman–Crippen MR) is 104 cm³/mol. The van der Waals surface area contributed by atoms with E-state index >= 15 is 0 Å². The summed E-state index contributed by atoms with van der Waals surface area (Å²) in [6.45, 7) is 10.7. The van der Waals surface area contributed by atoms with Gasteiger partial charge in [0.15, 0.2) is 0 Å². The summed E-state index contributed by atoms with van der Waals surface area (Å²) in [6, 6.07) is 16.4. The molecule has 124 valence electrons. The van der Waals surface area contributed by atoms with Crippen LogP contribution in [-0.2, 0) is 5.75 Å². The lowest BCUT2D eigenvalue weighted by Gasteiger charge is -2.18. The molecule has 0 fully saturated rings. The first-order chi connectivity index (χ1) is 11.3. The highest BCUT2D eigenvalue weighted by atomic mass is 32.2. The van der Waals surface area contributed by atoms with Crippen molar-refractivity contribution < 1.29 is 0 Å². The third kappa shape index (κ3) is 4.97. The molecule has 0 saturated heterocycles. The van der Waals surface area contributed by atoms with E-state index in [9.17, 15) is 0 Å². The van der Waals surface area contributed by atoms with Gasteiger partial charge in [-0.2, -0.15) is 5.26 Å². The first-order valence-corrected chi connectivity index (χ1v) is 9.06. The molecule has 0 radical (unpaired) electrons. The maximum Gasteiger partial charge on any atom is 0.0991 e. The van der Waals surface area contributed by atoms with Crippen LogP contribution in [0.4, 0.5) is 5.69 Å². The average molecular weight is 337 g/mol. The van der Waals surface area contributed by atoms with Gasteiger partial charge in [-0.05, 0) is 54.7 Å². The summed E-state index contributed by atoms with van der Waals surface area (Å²) in [4.78, 5) is 6.05. The van der Waals surface area contributed by atoms with E-state index in [1.165, 1.54) is 16.0 Å². The van der Waals surface area contributed by atoms with Crippen LogP contribution in [0.25, 0.3) is 0 Å². The summed E-state index contributed by atoms with van der Waals surface area (Å²) in [6.07, 6.45) is 0. The van der Waals surface area contributed by atoms with E-state index in [4.69, 9.17) is 10.3 Å². The second kappa shape index (κ2) is 7.68. The minimum absolute atomic E-state index is 0.0814. The summed E-state index contributed by atoms with van der Waals surface area (Å²) >= 11 is 1.79. The molecule has 0 aromatic heterocycles. The highest BCUT2D eigenvalue weighted by molar-refractivity contribution is 7.98. The number of rotatable bonds is 4. The van der Waals surface area contributed by atoms with Crippen molar-refractivity contribution in [2.75, 3.05) is 0 Å². The maximum atomic E-state index is 8.85. The Bertz CT molecular complexity index is 775. The van der Waals surface area contributed by atoms with Crippen LogP contribution in [0.1, 0.15) is 44.4 Å². The smallest absolute Gasteiger partial charge is 0.0991 e. The van der Waals surface area contributed by atoms with Crippen molar-refractivity contribution in [3.8, 4) is 6.07 Å². The molecule has 0 heterocycles. The lowest BCUT2D eigenvalue weighted by Crippen LogP contribution is -2.16. The molecule has 0 amide bonds. The third-order valence-corrected chi connectivity index (χ3v) is 5.11. The van der Waals surface area contributed by atoms with Crippen LogP contribution in [0.5, 0.6) is 0 Å². The molecule has 2 aromatic carbocycles. The molecule has 0 N–H and O–H groups in total. The number of benzene rings is 2. The molecular formula is C21H24N2S. The largest absolute Gasteiger partial charge is 0.257 e. The fourth-order valence-corrected chi connectivity index (χ4v) is 2.88. The zero-order valence-electron chi connectivity index (χ0n) is 15.1. The van der Waals surface area contributed by atoms with E-state index in [1.54, 1.807) is 11.8 Å². The second-order valence-electron chi connectivity index (χ2n) is 6.99. The van der Waals surface area contributed by atoms with Crippen molar-refractivity contribution in [3.63, 3.8) is 0 Å². The van der Waals surface area contributed by atoms with Crippen molar-refractivity contribution in [3.05, 3.63) is 59.2 Å². The number of nitriles is 1. The van der Waals surface area contributed by atoms with Crippen molar-refractivity contribution in [2.45, 2.75) is 45.3 Å². The topological polar surface area (TPSA) is 36.1 Å². The van der Waals surface area contributed by atoms with Crippen LogP contribution in [0, 0.1) is 23.7 Å².